The number of hydrogen-bond acceptors (Lipinski definition) is 2. The van der Waals surface area contributed by atoms with E-state index in [-0.39, 0.29) is 0 Å². The van der Waals surface area contributed by atoms with Crippen molar-refractivity contribution in [1.29, 1.82) is 0 Å². The molecule has 2 rings (SSSR count). The minimum Gasteiger partial charge on any atom is -0.496 e. The average Bonchev–Trinajstić information content (AvgIpc) is 2.67. The van der Waals surface area contributed by atoms with Crippen molar-refractivity contribution in [3.63, 3.8) is 0 Å². The first kappa shape index (κ1) is 12.2. The lowest BCUT2D eigenvalue weighted by Gasteiger charge is -2.12. The molecular weight excluding hydrogens is 228 g/mol. The van der Waals surface area contributed by atoms with Gasteiger partial charge >= 0.3 is 0 Å². The Morgan fingerprint density at radius 2 is 1.88 bits per heavy atom. The molecule has 0 aliphatic heterocycles. The SMILES string of the molecule is COc1cc(C)cc(C)c1Cc1ccc(C)s1. The summed E-state index contributed by atoms with van der Waals surface area (Å²) in [5.41, 5.74) is 3.87. The van der Waals surface area contributed by atoms with Crippen LogP contribution in [0.4, 0.5) is 0 Å². The van der Waals surface area contributed by atoms with Crippen molar-refractivity contribution in [2.24, 2.45) is 0 Å². The van der Waals surface area contributed by atoms with E-state index in [9.17, 15) is 0 Å². The maximum Gasteiger partial charge on any atom is 0.122 e. The Labute approximate surface area is 107 Å². The molecular formula is C15H18OS. The van der Waals surface area contributed by atoms with Crippen LogP contribution in [-0.4, -0.2) is 7.11 Å². The monoisotopic (exact) mass is 246 g/mol. The molecule has 1 aromatic carbocycles. The van der Waals surface area contributed by atoms with Gasteiger partial charge in [0.15, 0.2) is 0 Å². The lowest BCUT2D eigenvalue weighted by molar-refractivity contribution is 0.410. The summed E-state index contributed by atoms with van der Waals surface area (Å²) in [6.07, 6.45) is 0.966. The Bertz CT molecular complexity index is 526. The molecule has 2 heteroatoms. The van der Waals surface area contributed by atoms with Crippen LogP contribution in [0.5, 0.6) is 5.75 Å². The summed E-state index contributed by atoms with van der Waals surface area (Å²) < 4.78 is 5.49. The molecule has 17 heavy (non-hydrogen) atoms. The first-order valence-electron chi connectivity index (χ1n) is 5.79. The van der Waals surface area contributed by atoms with E-state index in [0.717, 1.165) is 12.2 Å². The van der Waals surface area contributed by atoms with Gasteiger partial charge in [0.05, 0.1) is 7.11 Å². The summed E-state index contributed by atoms with van der Waals surface area (Å²) in [6.45, 7) is 6.41. The highest BCUT2D eigenvalue weighted by molar-refractivity contribution is 7.11. The Morgan fingerprint density at radius 3 is 2.47 bits per heavy atom. The van der Waals surface area contributed by atoms with Crippen LogP contribution in [0, 0.1) is 20.8 Å². The number of thiophene rings is 1. The van der Waals surface area contributed by atoms with Crippen molar-refractivity contribution in [2.75, 3.05) is 7.11 Å². The van der Waals surface area contributed by atoms with Gasteiger partial charge in [-0.25, -0.2) is 0 Å². The summed E-state index contributed by atoms with van der Waals surface area (Å²) in [7, 11) is 1.75. The molecule has 0 bridgehead atoms. The van der Waals surface area contributed by atoms with E-state index in [1.165, 1.54) is 26.4 Å². The molecule has 0 aliphatic carbocycles. The zero-order valence-electron chi connectivity index (χ0n) is 10.8. The van der Waals surface area contributed by atoms with Crippen LogP contribution < -0.4 is 4.74 Å². The van der Waals surface area contributed by atoms with Crippen LogP contribution in [-0.2, 0) is 6.42 Å². The van der Waals surface area contributed by atoms with E-state index < -0.39 is 0 Å². The molecule has 0 fully saturated rings. The normalized spacial score (nSPS) is 10.6. The minimum absolute atomic E-state index is 0.966. The number of hydrogen-bond donors (Lipinski definition) is 0. The first-order chi connectivity index (χ1) is 8.10. The third-order valence-electron chi connectivity index (χ3n) is 2.94. The molecule has 0 saturated carbocycles. The minimum atomic E-state index is 0.966. The number of ether oxygens (including phenoxy) is 1. The van der Waals surface area contributed by atoms with Crippen LogP contribution >= 0.6 is 11.3 Å². The third kappa shape index (κ3) is 2.70. The van der Waals surface area contributed by atoms with Gasteiger partial charge < -0.3 is 4.74 Å². The number of aryl methyl sites for hydroxylation is 3. The van der Waals surface area contributed by atoms with Crippen LogP contribution in [0.15, 0.2) is 24.3 Å². The second-order valence-corrected chi connectivity index (χ2v) is 5.82. The molecule has 0 radical (unpaired) electrons. The van der Waals surface area contributed by atoms with Crippen molar-refractivity contribution in [1.82, 2.24) is 0 Å². The molecule has 0 spiro atoms. The second kappa shape index (κ2) is 4.92. The maximum atomic E-state index is 5.49. The highest BCUT2D eigenvalue weighted by Crippen LogP contribution is 2.28. The quantitative estimate of drug-likeness (QED) is 0.785. The van der Waals surface area contributed by atoms with Crippen LogP contribution in [0.3, 0.4) is 0 Å². The number of methoxy groups -OCH3 is 1. The molecule has 0 atom stereocenters. The molecule has 0 saturated heterocycles. The molecule has 1 aromatic heterocycles. The topological polar surface area (TPSA) is 9.23 Å². The number of rotatable bonds is 3. The largest absolute Gasteiger partial charge is 0.496 e. The van der Waals surface area contributed by atoms with Gasteiger partial charge in [-0.3, -0.25) is 0 Å². The Hall–Kier alpha value is -1.28. The standard InChI is InChI=1S/C15H18OS/c1-10-7-11(2)14(15(8-10)16-4)9-13-6-5-12(3)17-13/h5-8H,9H2,1-4H3. The maximum absolute atomic E-state index is 5.49. The van der Waals surface area contributed by atoms with Crippen molar-refractivity contribution >= 4 is 11.3 Å². The molecule has 1 nitrogen and oxygen atoms in total. The van der Waals surface area contributed by atoms with Gasteiger partial charge in [-0.15, -0.1) is 11.3 Å². The summed E-state index contributed by atoms with van der Waals surface area (Å²) in [6, 6.07) is 8.72. The molecule has 0 unspecified atom stereocenters. The Morgan fingerprint density at radius 1 is 1.12 bits per heavy atom. The fourth-order valence-electron chi connectivity index (χ4n) is 2.12. The van der Waals surface area contributed by atoms with Crippen LogP contribution in [0.25, 0.3) is 0 Å². The molecule has 90 valence electrons. The van der Waals surface area contributed by atoms with E-state index in [0.29, 0.717) is 0 Å². The fourth-order valence-corrected chi connectivity index (χ4v) is 3.02. The first-order valence-corrected chi connectivity index (χ1v) is 6.61. The molecule has 0 amide bonds. The van der Waals surface area contributed by atoms with Gasteiger partial charge in [0, 0.05) is 21.7 Å². The van der Waals surface area contributed by atoms with Gasteiger partial charge in [-0.05, 0) is 50.1 Å². The second-order valence-electron chi connectivity index (χ2n) is 4.45. The lowest BCUT2D eigenvalue weighted by Crippen LogP contribution is -1.96. The molecule has 1 heterocycles. The summed E-state index contributed by atoms with van der Waals surface area (Å²) in [5, 5.41) is 0. The Balaban J connectivity index is 2.37. The van der Waals surface area contributed by atoms with Gasteiger partial charge in [-0.2, -0.15) is 0 Å². The van der Waals surface area contributed by atoms with Gasteiger partial charge in [0.2, 0.25) is 0 Å². The van der Waals surface area contributed by atoms with Gasteiger partial charge in [0.1, 0.15) is 5.75 Å². The van der Waals surface area contributed by atoms with Crippen molar-refractivity contribution in [3.8, 4) is 5.75 Å². The van der Waals surface area contributed by atoms with E-state index in [4.69, 9.17) is 4.74 Å². The number of benzene rings is 1. The smallest absolute Gasteiger partial charge is 0.122 e. The summed E-state index contributed by atoms with van der Waals surface area (Å²) in [4.78, 5) is 2.76. The predicted octanol–water partition coefficient (Wildman–Crippen LogP) is 4.27. The van der Waals surface area contributed by atoms with Gasteiger partial charge in [0.25, 0.3) is 0 Å². The summed E-state index contributed by atoms with van der Waals surface area (Å²) >= 11 is 1.86. The predicted molar refractivity (Wildman–Crippen MR) is 74.3 cm³/mol. The van der Waals surface area contributed by atoms with Crippen molar-refractivity contribution in [3.05, 3.63) is 50.7 Å². The Kier molecular flexibility index (Phi) is 3.53. The average molecular weight is 246 g/mol. The van der Waals surface area contributed by atoms with Crippen molar-refractivity contribution in [2.45, 2.75) is 27.2 Å². The molecule has 0 aliphatic rings. The van der Waals surface area contributed by atoms with Gasteiger partial charge in [-0.1, -0.05) is 6.07 Å². The van der Waals surface area contributed by atoms with Crippen molar-refractivity contribution < 1.29 is 4.74 Å². The van der Waals surface area contributed by atoms with E-state index in [1.54, 1.807) is 7.11 Å². The van der Waals surface area contributed by atoms with Crippen LogP contribution in [0.1, 0.15) is 26.4 Å². The van der Waals surface area contributed by atoms with E-state index in [1.807, 2.05) is 11.3 Å². The molecule has 0 N–H and O–H groups in total. The lowest BCUT2D eigenvalue weighted by atomic mass is 10.0. The summed E-state index contributed by atoms with van der Waals surface area (Å²) in [5.74, 6) is 1.01. The highest BCUT2D eigenvalue weighted by atomic mass is 32.1. The zero-order chi connectivity index (χ0) is 12.4. The third-order valence-corrected chi connectivity index (χ3v) is 3.94. The zero-order valence-corrected chi connectivity index (χ0v) is 11.6. The fraction of sp³-hybridized carbons (Fsp3) is 0.333. The van der Waals surface area contributed by atoms with Crippen LogP contribution in [0.2, 0.25) is 0 Å². The molecule has 2 aromatic rings. The van der Waals surface area contributed by atoms with E-state index >= 15 is 0 Å². The highest BCUT2D eigenvalue weighted by Gasteiger charge is 2.09. The van der Waals surface area contributed by atoms with E-state index in [2.05, 4.69) is 45.0 Å².